The van der Waals surface area contributed by atoms with Crippen LogP contribution in [-0.4, -0.2) is 5.54 Å². The van der Waals surface area contributed by atoms with E-state index in [1.807, 2.05) is 0 Å². The molecule has 1 fully saturated rings. The lowest BCUT2D eigenvalue weighted by Crippen LogP contribution is -2.41. The van der Waals surface area contributed by atoms with Gasteiger partial charge in [0.25, 0.3) is 0 Å². The monoisotopic (exact) mass is 261 g/mol. The van der Waals surface area contributed by atoms with Crippen LogP contribution in [0, 0.1) is 0 Å². The molecule has 5 heteroatoms. The Morgan fingerprint density at radius 3 is 2.22 bits per heavy atom. The van der Waals surface area contributed by atoms with Crippen molar-refractivity contribution in [1.82, 2.24) is 0 Å². The van der Waals surface area contributed by atoms with Crippen molar-refractivity contribution in [3.05, 3.63) is 35.4 Å². The summed E-state index contributed by atoms with van der Waals surface area (Å²) in [6.07, 6.45) is -3.91. The van der Waals surface area contributed by atoms with E-state index in [4.69, 9.17) is 5.73 Å². The highest BCUT2D eigenvalue weighted by Crippen LogP contribution is 2.44. The SMILES string of the molecule is NC1(C(F)c2ccccc2C(F)(F)F)CCCC1. The van der Waals surface area contributed by atoms with Crippen LogP contribution in [0.4, 0.5) is 17.6 Å². The number of nitrogens with two attached hydrogens (primary N) is 1. The van der Waals surface area contributed by atoms with E-state index in [2.05, 4.69) is 0 Å². The largest absolute Gasteiger partial charge is 0.416 e. The second-order valence-corrected chi connectivity index (χ2v) is 4.89. The first-order valence-electron chi connectivity index (χ1n) is 5.94. The van der Waals surface area contributed by atoms with Crippen LogP contribution in [0.25, 0.3) is 0 Å². The Hall–Kier alpha value is -1.10. The molecular weight excluding hydrogens is 246 g/mol. The third-order valence-electron chi connectivity index (χ3n) is 3.58. The zero-order valence-corrected chi connectivity index (χ0v) is 9.80. The van der Waals surface area contributed by atoms with Crippen LogP contribution in [0.15, 0.2) is 24.3 Å². The highest BCUT2D eigenvalue weighted by atomic mass is 19.4. The lowest BCUT2D eigenvalue weighted by Gasteiger charge is -2.29. The van der Waals surface area contributed by atoms with Gasteiger partial charge in [-0.1, -0.05) is 31.0 Å². The quantitative estimate of drug-likeness (QED) is 0.800. The summed E-state index contributed by atoms with van der Waals surface area (Å²) in [4.78, 5) is 0. The van der Waals surface area contributed by atoms with Gasteiger partial charge in [-0.15, -0.1) is 0 Å². The molecule has 100 valence electrons. The first kappa shape index (κ1) is 13.3. The number of benzene rings is 1. The van der Waals surface area contributed by atoms with Crippen LogP contribution >= 0.6 is 0 Å². The zero-order chi connectivity index (χ0) is 13.4. The van der Waals surface area contributed by atoms with E-state index >= 15 is 0 Å². The van der Waals surface area contributed by atoms with E-state index in [0.29, 0.717) is 12.8 Å². The van der Waals surface area contributed by atoms with Gasteiger partial charge in [0, 0.05) is 0 Å². The average molecular weight is 261 g/mol. The van der Waals surface area contributed by atoms with E-state index in [-0.39, 0.29) is 5.56 Å². The van der Waals surface area contributed by atoms with Crippen molar-refractivity contribution in [3.63, 3.8) is 0 Å². The molecule has 2 rings (SSSR count). The third-order valence-corrected chi connectivity index (χ3v) is 3.58. The maximum absolute atomic E-state index is 14.4. The predicted octanol–water partition coefficient (Wildman–Crippen LogP) is 3.99. The van der Waals surface area contributed by atoms with Crippen molar-refractivity contribution in [3.8, 4) is 0 Å². The van der Waals surface area contributed by atoms with Gasteiger partial charge in [0.05, 0.1) is 11.1 Å². The summed E-state index contributed by atoms with van der Waals surface area (Å²) in [6.45, 7) is 0. The Morgan fingerprint density at radius 1 is 1.11 bits per heavy atom. The van der Waals surface area contributed by atoms with E-state index in [0.717, 1.165) is 18.9 Å². The molecular formula is C13H15F4N. The molecule has 0 heterocycles. The summed E-state index contributed by atoms with van der Waals surface area (Å²) in [5, 5.41) is 0. The second-order valence-electron chi connectivity index (χ2n) is 4.89. The number of hydrogen-bond donors (Lipinski definition) is 1. The molecule has 1 aromatic rings. The molecule has 1 nitrogen and oxygen atoms in total. The van der Waals surface area contributed by atoms with Gasteiger partial charge in [-0.3, -0.25) is 0 Å². The van der Waals surface area contributed by atoms with Crippen molar-refractivity contribution in [2.75, 3.05) is 0 Å². The Balaban J connectivity index is 2.39. The number of hydrogen-bond acceptors (Lipinski definition) is 1. The summed E-state index contributed by atoms with van der Waals surface area (Å²) in [5.74, 6) is 0. The number of rotatable bonds is 2. The summed E-state index contributed by atoms with van der Waals surface area (Å²) in [6, 6.07) is 4.76. The van der Waals surface area contributed by atoms with Gasteiger partial charge in [0.2, 0.25) is 0 Å². The van der Waals surface area contributed by atoms with Crippen LogP contribution in [0.2, 0.25) is 0 Å². The molecule has 1 aromatic carbocycles. The molecule has 0 radical (unpaired) electrons. The van der Waals surface area contributed by atoms with Gasteiger partial charge in [0.1, 0.15) is 6.17 Å². The smallest absolute Gasteiger partial charge is 0.322 e. The van der Waals surface area contributed by atoms with E-state index in [1.54, 1.807) is 0 Å². The molecule has 0 saturated heterocycles. The van der Waals surface area contributed by atoms with Crippen LogP contribution in [0.5, 0.6) is 0 Å². The molecule has 2 N–H and O–H groups in total. The Labute approximate surface area is 103 Å². The van der Waals surface area contributed by atoms with Crippen LogP contribution < -0.4 is 5.73 Å². The standard InChI is InChI=1S/C13H15F4N/c14-11(12(18)7-3-4-8-12)9-5-1-2-6-10(9)13(15,16)17/h1-2,5-6,11H,3-4,7-8,18H2. The van der Waals surface area contributed by atoms with Gasteiger partial charge in [-0.05, 0) is 24.5 Å². The molecule has 0 amide bonds. The molecule has 1 saturated carbocycles. The van der Waals surface area contributed by atoms with Crippen molar-refractivity contribution < 1.29 is 17.6 Å². The van der Waals surface area contributed by atoms with Gasteiger partial charge in [-0.25, -0.2) is 4.39 Å². The lowest BCUT2D eigenvalue weighted by molar-refractivity contribution is -0.139. The fraction of sp³-hybridized carbons (Fsp3) is 0.538. The molecule has 1 aliphatic rings. The Morgan fingerprint density at radius 2 is 1.67 bits per heavy atom. The van der Waals surface area contributed by atoms with Gasteiger partial charge in [-0.2, -0.15) is 13.2 Å². The predicted molar refractivity (Wildman–Crippen MR) is 60.7 cm³/mol. The van der Waals surface area contributed by atoms with Gasteiger partial charge < -0.3 is 5.73 Å². The minimum atomic E-state index is -4.55. The molecule has 0 bridgehead atoms. The first-order chi connectivity index (χ1) is 8.34. The van der Waals surface area contributed by atoms with E-state index < -0.39 is 23.5 Å². The fourth-order valence-electron chi connectivity index (χ4n) is 2.57. The van der Waals surface area contributed by atoms with E-state index in [1.165, 1.54) is 18.2 Å². The maximum Gasteiger partial charge on any atom is 0.416 e. The summed E-state index contributed by atoms with van der Waals surface area (Å²) in [7, 11) is 0. The minimum Gasteiger partial charge on any atom is -0.322 e. The summed E-state index contributed by atoms with van der Waals surface area (Å²) >= 11 is 0. The topological polar surface area (TPSA) is 26.0 Å². The molecule has 0 spiro atoms. The molecule has 0 aromatic heterocycles. The molecule has 18 heavy (non-hydrogen) atoms. The number of alkyl halides is 4. The van der Waals surface area contributed by atoms with Gasteiger partial charge in [0.15, 0.2) is 0 Å². The Bertz CT molecular complexity index is 421. The Kier molecular flexibility index (Phi) is 3.36. The summed E-state index contributed by atoms with van der Waals surface area (Å²) in [5.41, 5.74) is 3.49. The van der Waals surface area contributed by atoms with E-state index in [9.17, 15) is 17.6 Å². The summed E-state index contributed by atoms with van der Waals surface area (Å²) < 4.78 is 52.8. The van der Waals surface area contributed by atoms with Crippen LogP contribution in [-0.2, 0) is 6.18 Å². The fourth-order valence-corrected chi connectivity index (χ4v) is 2.57. The minimum absolute atomic E-state index is 0.339. The first-order valence-corrected chi connectivity index (χ1v) is 5.94. The zero-order valence-electron chi connectivity index (χ0n) is 9.80. The highest BCUT2D eigenvalue weighted by molar-refractivity contribution is 5.33. The van der Waals surface area contributed by atoms with Crippen molar-refractivity contribution in [2.24, 2.45) is 5.73 Å². The lowest BCUT2D eigenvalue weighted by atomic mass is 9.86. The van der Waals surface area contributed by atoms with Crippen molar-refractivity contribution >= 4 is 0 Å². The molecule has 1 atom stereocenters. The highest BCUT2D eigenvalue weighted by Gasteiger charge is 2.43. The molecule has 1 aliphatic carbocycles. The molecule has 0 aliphatic heterocycles. The number of halogens is 4. The van der Waals surface area contributed by atoms with Crippen LogP contribution in [0.1, 0.15) is 43.0 Å². The maximum atomic E-state index is 14.4. The normalized spacial score (nSPS) is 20.9. The van der Waals surface area contributed by atoms with Crippen molar-refractivity contribution in [1.29, 1.82) is 0 Å². The average Bonchev–Trinajstić information content (AvgIpc) is 2.75. The molecule has 1 unspecified atom stereocenters. The van der Waals surface area contributed by atoms with Gasteiger partial charge >= 0.3 is 6.18 Å². The van der Waals surface area contributed by atoms with Crippen LogP contribution in [0.3, 0.4) is 0 Å². The third kappa shape index (κ3) is 2.36. The van der Waals surface area contributed by atoms with Crippen molar-refractivity contribution in [2.45, 2.75) is 43.6 Å². The second kappa shape index (κ2) is 4.53.